The third-order valence-corrected chi connectivity index (χ3v) is 12.9. The third kappa shape index (κ3) is 7.07. The zero-order valence-corrected chi connectivity index (χ0v) is 36.9. The molecule has 6 heterocycles. The molecule has 22 heteroatoms. The van der Waals surface area contributed by atoms with E-state index in [2.05, 4.69) is 19.9 Å². The Morgan fingerprint density at radius 2 is 0.611 bits per heavy atom. The number of rotatable bonds is 5. The summed E-state index contributed by atoms with van der Waals surface area (Å²) in [5.74, 6) is -36.9. The topological polar surface area (TPSA) is 75.8 Å². The summed E-state index contributed by atoms with van der Waals surface area (Å²) < 4.78 is 243. The smallest absolute Gasteiger partial charge is 0.399 e. The quantitative estimate of drug-likeness (QED) is 0.0780. The predicted octanol–water partition coefficient (Wildman–Crippen LogP) is 13.7. The highest BCUT2D eigenvalue weighted by atomic mass is 19.2. The van der Waals surface area contributed by atoms with Gasteiger partial charge in [-0.2, -0.15) is 0 Å². The molecule has 0 aliphatic carbocycles. The molecule has 3 aromatic heterocycles. The summed E-state index contributed by atoms with van der Waals surface area (Å²) in [4.78, 5) is 14.1. The molecule has 72 heavy (non-hydrogen) atoms. The third-order valence-electron chi connectivity index (χ3n) is 12.9. The van der Waals surface area contributed by atoms with Crippen LogP contribution in [0.15, 0.2) is 48.5 Å². The Labute approximate surface area is 395 Å². The van der Waals surface area contributed by atoms with Gasteiger partial charge in [0.25, 0.3) is 0 Å². The van der Waals surface area contributed by atoms with E-state index in [0.717, 1.165) is 36.4 Å². The average molecular weight is 1010 g/mol. The van der Waals surface area contributed by atoms with Gasteiger partial charge in [-0.25, -0.2) is 75.8 Å². The van der Waals surface area contributed by atoms with Gasteiger partial charge in [0.2, 0.25) is 17.5 Å². The summed E-state index contributed by atoms with van der Waals surface area (Å²) in [7, 11) is -1.15. The standard InChI is InChI=1S/C50H26BF15N4O2/c1-49(2)50(3,4)72-51(71-49)18-8-6-5-7-17(18)27-19-9-11-21(67-19)28(31-34(52)40(58)46(64)41(59)35(31)53)23-13-15-25(69-23)30(33-38(56)44(62)48(66)45(63)39(33)57)26-16-14-24(70-26)29(22-12-10-20(27)68-22)32-36(54)42(60)47(65)43(61)37(32)55/h5-16,67,70H,1-4H3. The lowest BCUT2D eigenvalue weighted by Gasteiger charge is -2.32. The Morgan fingerprint density at radius 3 is 0.931 bits per heavy atom. The fourth-order valence-electron chi connectivity index (χ4n) is 8.65. The number of aromatic nitrogens is 4. The number of hydrogen-bond donors (Lipinski definition) is 2. The van der Waals surface area contributed by atoms with E-state index in [-0.39, 0.29) is 22.3 Å². The number of fused-ring (bicyclic) bond motifs is 8. The van der Waals surface area contributed by atoms with Crippen molar-refractivity contribution in [2.75, 3.05) is 0 Å². The number of aromatic amines is 2. The van der Waals surface area contributed by atoms with Crippen LogP contribution in [0.25, 0.3) is 90.9 Å². The minimum absolute atomic E-state index is 0.0105. The first kappa shape index (κ1) is 48.1. The number of nitrogens with zero attached hydrogens (tertiary/aromatic N) is 2. The zero-order chi connectivity index (χ0) is 51.8. The second-order valence-electron chi connectivity index (χ2n) is 17.5. The van der Waals surface area contributed by atoms with Gasteiger partial charge in [-0.15, -0.1) is 0 Å². The van der Waals surface area contributed by atoms with Crippen LogP contribution < -0.4 is 5.46 Å². The van der Waals surface area contributed by atoms with Crippen LogP contribution in [0, 0.1) is 87.3 Å². The molecule has 1 fully saturated rings. The van der Waals surface area contributed by atoms with E-state index in [9.17, 15) is 13.2 Å². The lowest BCUT2D eigenvalue weighted by molar-refractivity contribution is 0.00578. The van der Waals surface area contributed by atoms with Gasteiger partial charge in [-0.1, -0.05) is 24.3 Å². The van der Waals surface area contributed by atoms with Gasteiger partial charge >= 0.3 is 7.12 Å². The molecular formula is C50H26BF15N4O2. The molecule has 1 saturated heterocycles. The molecular weight excluding hydrogens is 984 g/mol. The maximum Gasteiger partial charge on any atom is 0.495 e. The molecule has 3 aliphatic heterocycles. The molecule has 0 atom stereocenters. The Bertz CT molecular complexity index is 3640. The molecule has 0 spiro atoms. The van der Waals surface area contributed by atoms with Crippen LogP contribution in [0.2, 0.25) is 0 Å². The number of nitrogens with one attached hydrogen (secondary N) is 2. The van der Waals surface area contributed by atoms with Crippen LogP contribution >= 0.6 is 0 Å². The van der Waals surface area contributed by atoms with Crippen LogP contribution in [0.5, 0.6) is 0 Å². The SMILES string of the molecule is CC1(C)OB(c2ccccc2-c2c3nc(c(-c4c(F)c(F)c(F)c(F)c4F)c4ccc([nH]4)c(-c4c(F)c(F)c(F)c(F)c4F)c4nc(c(-c5c(F)c(F)c(F)c(F)c5F)c5ccc2[nH]5)C=C4)C=C3)OC1(C)C. The predicted molar refractivity (Wildman–Crippen MR) is 236 cm³/mol. The van der Waals surface area contributed by atoms with Gasteiger partial charge < -0.3 is 19.3 Å². The fraction of sp³-hybridized carbons (Fsp3) is 0.120. The van der Waals surface area contributed by atoms with Crippen LogP contribution in [-0.2, 0) is 9.31 Å². The summed E-state index contributed by atoms with van der Waals surface area (Å²) in [5, 5.41) is 0. The molecule has 0 radical (unpaired) electrons. The van der Waals surface area contributed by atoms with Crippen LogP contribution in [0.4, 0.5) is 65.9 Å². The van der Waals surface area contributed by atoms with Crippen molar-refractivity contribution >= 4 is 59.0 Å². The number of hydrogen-bond acceptors (Lipinski definition) is 4. The molecule has 0 amide bonds. The molecule has 8 bridgehead atoms. The first-order valence-corrected chi connectivity index (χ1v) is 21.1. The number of H-pyrrole nitrogens is 2. The van der Waals surface area contributed by atoms with Crippen LogP contribution in [0.1, 0.15) is 50.5 Å². The van der Waals surface area contributed by atoms with E-state index >= 15 is 52.7 Å². The largest absolute Gasteiger partial charge is 0.495 e. The first-order chi connectivity index (χ1) is 33.9. The molecule has 0 unspecified atom stereocenters. The van der Waals surface area contributed by atoms with E-state index < -0.39 is 173 Å². The van der Waals surface area contributed by atoms with E-state index in [1.54, 1.807) is 45.9 Å². The second-order valence-corrected chi connectivity index (χ2v) is 17.5. The van der Waals surface area contributed by atoms with E-state index in [1.165, 1.54) is 18.2 Å². The molecule has 2 N–H and O–H groups in total. The van der Waals surface area contributed by atoms with Crippen molar-refractivity contribution in [2.24, 2.45) is 0 Å². The highest BCUT2D eigenvalue weighted by molar-refractivity contribution is 6.64. The maximum absolute atomic E-state index is 16.1. The molecule has 0 saturated carbocycles. The highest BCUT2D eigenvalue weighted by Gasteiger charge is 2.52. The average Bonchev–Trinajstić information content (AvgIpc) is 4.22. The second kappa shape index (κ2) is 16.8. The van der Waals surface area contributed by atoms with Crippen LogP contribution in [-0.4, -0.2) is 38.3 Å². The monoisotopic (exact) mass is 1010 g/mol. The molecule has 3 aliphatic rings. The maximum atomic E-state index is 16.1. The van der Waals surface area contributed by atoms with E-state index in [1.807, 2.05) is 0 Å². The van der Waals surface area contributed by atoms with E-state index in [0.29, 0.717) is 5.46 Å². The summed E-state index contributed by atoms with van der Waals surface area (Å²) in [6.07, 6.45) is 3.92. The Morgan fingerprint density at radius 1 is 0.347 bits per heavy atom. The van der Waals surface area contributed by atoms with Gasteiger partial charge in [-0.3, -0.25) is 0 Å². The van der Waals surface area contributed by atoms with Crippen molar-refractivity contribution in [1.29, 1.82) is 0 Å². The van der Waals surface area contributed by atoms with Gasteiger partial charge in [0.05, 0.1) is 50.7 Å². The molecule has 10 rings (SSSR count). The molecule has 7 aromatic rings. The molecule has 366 valence electrons. The molecule has 4 aromatic carbocycles. The molecule has 6 nitrogen and oxygen atoms in total. The van der Waals surface area contributed by atoms with Crippen molar-refractivity contribution in [3.63, 3.8) is 0 Å². The van der Waals surface area contributed by atoms with Crippen molar-refractivity contribution in [3.8, 4) is 44.5 Å². The minimum atomic E-state index is -2.62. The Balaban J connectivity index is 1.45. The van der Waals surface area contributed by atoms with Gasteiger partial charge in [0.15, 0.2) is 69.8 Å². The van der Waals surface area contributed by atoms with Gasteiger partial charge in [-0.05, 0) is 87.3 Å². The number of halogens is 15. The van der Waals surface area contributed by atoms with Gasteiger partial charge in [0, 0.05) is 44.3 Å². The Hall–Kier alpha value is -7.59. The lowest BCUT2D eigenvalue weighted by atomic mass is 9.74. The van der Waals surface area contributed by atoms with E-state index in [4.69, 9.17) is 9.31 Å². The lowest BCUT2D eigenvalue weighted by Crippen LogP contribution is -2.41. The van der Waals surface area contributed by atoms with Crippen molar-refractivity contribution in [2.45, 2.75) is 38.9 Å². The van der Waals surface area contributed by atoms with Crippen molar-refractivity contribution < 1.29 is 75.2 Å². The summed E-state index contributed by atoms with van der Waals surface area (Å²) in [6, 6.07) is 10.3. The minimum Gasteiger partial charge on any atom is -0.399 e. The fourth-order valence-corrected chi connectivity index (χ4v) is 8.65. The van der Waals surface area contributed by atoms with Crippen molar-refractivity contribution in [1.82, 2.24) is 19.9 Å². The zero-order valence-electron chi connectivity index (χ0n) is 36.9. The van der Waals surface area contributed by atoms with Gasteiger partial charge in [0.1, 0.15) is 0 Å². The first-order valence-electron chi connectivity index (χ1n) is 21.1. The van der Waals surface area contributed by atoms with Crippen LogP contribution in [0.3, 0.4) is 0 Å². The number of benzene rings is 4. The summed E-state index contributed by atoms with van der Waals surface area (Å²) >= 11 is 0. The van der Waals surface area contributed by atoms with Crippen molar-refractivity contribution in [3.05, 3.63) is 159 Å². The normalized spacial score (nSPS) is 14.8. The summed E-state index contributed by atoms with van der Waals surface area (Å²) in [6.45, 7) is 7.02. The highest BCUT2D eigenvalue weighted by Crippen LogP contribution is 2.44. The summed E-state index contributed by atoms with van der Waals surface area (Å²) in [5.41, 5.74) is -13.6. The Kier molecular flexibility index (Phi) is 11.2.